The van der Waals surface area contributed by atoms with Gasteiger partial charge in [0.25, 0.3) is 11.8 Å². The molecule has 9 heteroatoms. The number of amides is 2. The molecule has 0 aliphatic rings. The Balaban J connectivity index is 1.74. The van der Waals surface area contributed by atoms with Crippen molar-refractivity contribution in [3.05, 3.63) is 89.2 Å². The lowest BCUT2D eigenvalue weighted by Crippen LogP contribution is -2.16. The molecule has 0 atom stereocenters. The van der Waals surface area contributed by atoms with Crippen LogP contribution in [0.3, 0.4) is 0 Å². The number of nitrogens with one attached hydrogen (secondary N) is 2. The molecular formula is C22H16F4N2O3. The molecular weight excluding hydrogens is 416 g/mol. The summed E-state index contributed by atoms with van der Waals surface area (Å²) >= 11 is 0. The van der Waals surface area contributed by atoms with Gasteiger partial charge in [-0.3, -0.25) is 9.59 Å². The lowest BCUT2D eigenvalue weighted by Gasteiger charge is -2.11. The Bertz CT molecular complexity index is 1130. The molecule has 31 heavy (non-hydrogen) atoms. The summed E-state index contributed by atoms with van der Waals surface area (Å²) in [6.45, 7) is 0. The van der Waals surface area contributed by atoms with Gasteiger partial charge in [0, 0.05) is 23.0 Å². The van der Waals surface area contributed by atoms with Gasteiger partial charge in [-0.2, -0.15) is 13.2 Å². The molecule has 0 aromatic heterocycles. The van der Waals surface area contributed by atoms with Crippen molar-refractivity contribution in [1.29, 1.82) is 0 Å². The van der Waals surface area contributed by atoms with E-state index in [-0.39, 0.29) is 28.3 Å². The minimum atomic E-state index is -4.54. The Morgan fingerprint density at radius 1 is 0.839 bits per heavy atom. The number of hydrogen-bond acceptors (Lipinski definition) is 3. The van der Waals surface area contributed by atoms with Crippen molar-refractivity contribution in [2.45, 2.75) is 6.18 Å². The molecule has 0 aliphatic heterocycles. The molecule has 5 nitrogen and oxygen atoms in total. The number of alkyl halides is 3. The Morgan fingerprint density at radius 2 is 1.48 bits per heavy atom. The standard InChI is InChI=1S/C22H16F4N2O3/c1-31-17-8-9-18(19(23)12-17)21(30)28-15-6-2-4-13(10-15)20(29)27-16-7-3-5-14(11-16)22(24,25)26/h2-12H,1H3,(H,27,29)(H,28,30). The first-order valence-corrected chi connectivity index (χ1v) is 8.91. The summed E-state index contributed by atoms with van der Waals surface area (Å²) in [4.78, 5) is 24.8. The number of carbonyl (C=O) groups excluding carboxylic acids is 2. The molecule has 2 amide bonds. The van der Waals surface area contributed by atoms with Crippen LogP contribution in [0.4, 0.5) is 28.9 Å². The van der Waals surface area contributed by atoms with Gasteiger partial charge in [-0.15, -0.1) is 0 Å². The molecule has 160 valence electrons. The second-order valence-electron chi connectivity index (χ2n) is 6.41. The van der Waals surface area contributed by atoms with E-state index in [9.17, 15) is 27.2 Å². The highest BCUT2D eigenvalue weighted by Crippen LogP contribution is 2.30. The molecule has 0 fully saturated rings. The van der Waals surface area contributed by atoms with Crippen LogP contribution < -0.4 is 15.4 Å². The first-order valence-electron chi connectivity index (χ1n) is 8.91. The largest absolute Gasteiger partial charge is 0.497 e. The van der Waals surface area contributed by atoms with Crippen LogP contribution >= 0.6 is 0 Å². The zero-order valence-electron chi connectivity index (χ0n) is 16.1. The van der Waals surface area contributed by atoms with Gasteiger partial charge in [0.2, 0.25) is 0 Å². The van der Waals surface area contributed by atoms with Gasteiger partial charge in [-0.25, -0.2) is 4.39 Å². The molecule has 3 aromatic rings. The highest BCUT2D eigenvalue weighted by atomic mass is 19.4. The summed E-state index contributed by atoms with van der Waals surface area (Å²) in [5, 5.41) is 4.86. The highest BCUT2D eigenvalue weighted by Gasteiger charge is 2.30. The maximum absolute atomic E-state index is 14.1. The van der Waals surface area contributed by atoms with Crippen LogP contribution in [0.15, 0.2) is 66.7 Å². The molecule has 0 heterocycles. The number of ether oxygens (including phenoxy) is 1. The maximum atomic E-state index is 14.1. The molecule has 2 N–H and O–H groups in total. The number of carbonyl (C=O) groups is 2. The number of anilines is 2. The molecule has 0 radical (unpaired) electrons. The number of benzene rings is 3. The van der Waals surface area contributed by atoms with Gasteiger partial charge in [-0.05, 0) is 48.5 Å². The van der Waals surface area contributed by atoms with Crippen LogP contribution in [-0.4, -0.2) is 18.9 Å². The van der Waals surface area contributed by atoms with Crippen molar-refractivity contribution < 1.29 is 31.9 Å². The molecule has 0 aliphatic carbocycles. The third-order valence-corrected chi connectivity index (χ3v) is 4.25. The first-order chi connectivity index (χ1) is 14.7. The SMILES string of the molecule is COc1ccc(C(=O)Nc2cccc(C(=O)Nc3cccc(C(F)(F)F)c3)c2)c(F)c1. The average molecular weight is 432 g/mol. The summed E-state index contributed by atoms with van der Waals surface area (Å²) in [5.41, 5.74) is -0.857. The van der Waals surface area contributed by atoms with Crippen molar-refractivity contribution in [3.8, 4) is 5.75 Å². The number of rotatable bonds is 5. The Kier molecular flexibility index (Phi) is 6.24. The molecule has 0 saturated heterocycles. The van der Waals surface area contributed by atoms with E-state index in [0.717, 1.165) is 18.2 Å². The van der Waals surface area contributed by atoms with Gasteiger partial charge in [0.05, 0.1) is 18.2 Å². The Morgan fingerprint density at radius 3 is 2.13 bits per heavy atom. The predicted octanol–water partition coefficient (Wildman–Crippen LogP) is 5.36. The van der Waals surface area contributed by atoms with Crippen molar-refractivity contribution in [2.24, 2.45) is 0 Å². The summed E-state index contributed by atoms with van der Waals surface area (Å²) in [6, 6.07) is 13.7. The lowest BCUT2D eigenvalue weighted by molar-refractivity contribution is -0.137. The zero-order chi connectivity index (χ0) is 22.6. The van der Waals surface area contributed by atoms with E-state index in [1.165, 1.54) is 55.6 Å². The van der Waals surface area contributed by atoms with Crippen LogP contribution in [0.5, 0.6) is 5.75 Å². The highest BCUT2D eigenvalue weighted by molar-refractivity contribution is 6.07. The van der Waals surface area contributed by atoms with Crippen LogP contribution in [0.1, 0.15) is 26.3 Å². The molecule has 0 spiro atoms. The normalized spacial score (nSPS) is 11.0. The maximum Gasteiger partial charge on any atom is 0.416 e. The molecule has 0 saturated carbocycles. The van der Waals surface area contributed by atoms with Crippen LogP contribution in [0.25, 0.3) is 0 Å². The van der Waals surface area contributed by atoms with E-state index in [0.29, 0.717) is 0 Å². The zero-order valence-corrected chi connectivity index (χ0v) is 16.1. The molecule has 3 aromatic carbocycles. The van der Waals surface area contributed by atoms with Crippen LogP contribution in [0.2, 0.25) is 0 Å². The minimum Gasteiger partial charge on any atom is -0.497 e. The summed E-state index contributed by atoms with van der Waals surface area (Å²) in [7, 11) is 1.37. The Hall–Kier alpha value is -3.88. The third kappa shape index (κ3) is 5.39. The predicted molar refractivity (Wildman–Crippen MR) is 107 cm³/mol. The second-order valence-corrected chi connectivity index (χ2v) is 6.41. The van der Waals surface area contributed by atoms with E-state index in [1.807, 2.05) is 0 Å². The molecule has 3 rings (SSSR count). The minimum absolute atomic E-state index is 0.0328. The second kappa shape index (κ2) is 8.86. The van der Waals surface area contributed by atoms with Gasteiger partial charge in [0.15, 0.2) is 0 Å². The lowest BCUT2D eigenvalue weighted by atomic mass is 10.1. The fraction of sp³-hybridized carbons (Fsp3) is 0.0909. The molecule has 0 unspecified atom stereocenters. The first kappa shape index (κ1) is 21.8. The smallest absolute Gasteiger partial charge is 0.416 e. The van der Waals surface area contributed by atoms with Crippen LogP contribution in [0, 0.1) is 5.82 Å². The van der Waals surface area contributed by atoms with E-state index >= 15 is 0 Å². The summed E-state index contributed by atoms with van der Waals surface area (Å²) in [6.07, 6.45) is -4.54. The van der Waals surface area contributed by atoms with Gasteiger partial charge in [-0.1, -0.05) is 12.1 Å². The topological polar surface area (TPSA) is 67.4 Å². The Labute approximate surface area is 174 Å². The van der Waals surface area contributed by atoms with Gasteiger partial charge in [0.1, 0.15) is 11.6 Å². The quantitative estimate of drug-likeness (QED) is 0.534. The fourth-order valence-corrected chi connectivity index (χ4v) is 2.72. The fourth-order valence-electron chi connectivity index (χ4n) is 2.72. The summed E-state index contributed by atoms with van der Waals surface area (Å²) < 4.78 is 57.4. The summed E-state index contributed by atoms with van der Waals surface area (Å²) in [5.74, 6) is -1.95. The molecule has 0 bridgehead atoms. The average Bonchev–Trinajstić information content (AvgIpc) is 2.73. The van der Waals surface area contributed by atoms with Gasteiger partial charge < -0.3 is 15.4 Å². The van der Waals surface area contributed by atoms with E-state index in [4.69, 9.17) is 4.74 Å². The monoisotopic (exact) mass is 432 g/mol. The van der Waals surface area contributed by atoms with E-state index in [1.54, 1.807) is 0 Å². The third-order valence-electron chi connectivity index (χ3n) is 4.25. The van der Waals surface area contributed by atoms with Crippen molar-refractivity contribution >= 4 is 23.2 Å². The van der Waals surface area contributed by atoms with E-state index in [2.05, 4.69) is 10.6 Å². The number of methoxy groups -OCH3 is 1. The number of hydrogen-bond donors (Lipinski definition) is 2. The van der Waals surface area contributed by atoms with Crippen molar-refractivity contribution in [1.82, 2.24) is 0 Å². The van der Waals surface area contributed by atoms with Crippen LogP contribution in [-0.2, 0) is 6.18 Å². The van der Waals surface area contributed by atoms with Crippen molar-refractivity contribution in [3.63, 3.8) is 0 Å². The van der Waals surface area contributed by atoms with E-state index < -0.39 is 29.4 Å². The van der Waals surface area contributed by atoms with Gasteiger partial charge >= 0.3 is 6.18 Å². The number of halogens is 4. The van der Waals surface area contributed by atoms with Crippen molar-refractivity contribution in [2.75, 3.05) is 17.7 Å².